The lowest BCUT2D eigenvalue weighted by molar-refractivity contribution is -0.133. The third-order valence-electron chi connectivity index (χ3n) is 5.93. The van der Waals surface area contributed by atoms with Crippen LogP contribution in [0.25, 0.3) is 0 Å². The van der Waals surface area contributed by atoms with Crippen molar-refractivity contribution in [3.8, 4) is 5.75 Å². The number of piperazine rings is 1. The number of aryl methyl sites for hydroxylation is 1. The fourth-order valence-corrected chi connectivity index (χ4v) is 3.93. The van der Waals surface area contributed by atoms with Gasteiger partial charge in [0.05, 0.1) is 0 Å². The van der Waals surface area contributed by atoms with E-state index in [1.165, 1.54) is 18.4 Å². The number of amides is 1. The van der Waals surface area contributed by atoms with Gasteiger partial charge in [-0.25, -0.2) is 9.97 Å². The van der Waals surface area contributed by atoms with E-state index in [1.807, 2.05) is 36.9 Å². The van der Waals surface area contributed by atoms with Crippen LogP contribution in [0, 0.1) is 13.8 Å². The zero-order valence-corrected chi connectivity index (χ0v) is 17.3. The first-order valence-electron chi connectivity index (χ1n) is 10.4. The molecule has 0 atom stereocenters. The maximum absolute atomic E-state index is 12.6. The predicted molar refractivity (Wildman–Crippen MR) is 114 cm³/mol. The van der Waals surface area contributed by atoms with Crippen LogP contribution in [0.4, 0.5) is 11.6 Å². The lowest BCUT2D eigenvalue weighted by Gasteiger charge is -2.35. The van der Waals surface area contributed by atoms with Crippen LogP contribution in [0.3, 0.4) is 0 Å². The summed E-state index contributed by atoms with van der Waals surface area (Å²) in [5.74, 6) is 2.77. The lowest BCUT2D eigenvalue weighted by Crippen LogP contribution is -2.50. The molecule has 7 nitrogen and oxygen atoms in total. The van der Waals surface area contributed by atoms with Gasteiger partial charge in [-0.2, -0.15) is 0 Å². The highest BCUT2D eigenvalue weighted by molar-refractivity contribution is 5.78. The molecule has 1 aromatic carbocycles. The van der Waals surface area contributed by atoms with E-state index in [2.05, 4.69) is 25.8 Å². The van der Waals surface area contributed by atoms with Crippen LogP contribution in [0.15, 0.2) is 30.6 Å². The fourth-order valence-electron chi connectivity index (χ4n) is 3.93. The Morgan fingerprint density at radius 2 is 1.62 bits per heavy atom. The van der Waals surface area contributed by atoms with Gasteiger partial charge in [0.25, 0.3) is 5.91 Å². The largest absolute Gasteiger partial charge is 0.483 e. The molecule has 1 aromatic heterocycles. The summed E-state index contributed by atoms with van der Waals surface area (Å²) in [5, 5.41) is 0. The molecule has 0 N–H and O–H groups in total. The van der Waals surface area contributed by atoms with Crippen LogP contribution in [-0.2, 0) is 4.79 Å². The molecule has 2 aromatic rings. The van der Waals surface area contributed by atoms with Crippen LogP contribution in [0.2, 0.25) is 0 Å². The number of ether oxygens (including phenoxy) is 1. The summed E-state index contributed by atoms with van der Waals surface area (Å²) in [5.41, 5.74) is 2.25. The molecular weight excluding hydrogens is 366 g/mol. The van der Waals surface area contributed by atoms with Crippen molar-refractivity contribution in [3.05, 3.63) is 41.7 Å². The van der Waals surface area contributed by atoms with Crippen molar-refractivity contribution in [3.63, 3.8) is 0 Å². The number of rotatable bonds is 5. The second-order valence-corrected chi connectivity index (χ2v) is 7.78. The van der Waals surface area contributed by atoms with Gasteiger partial charge in [-0.05, 0) is 43.9 Å². The first kappa shape index (κ1) is 19.5. The van der Waals surface area contributed by atoms with E-state index in [0.717, 1.165) is 49.1 Å². The van der Waals surface area contributed by atoms with E-state index in [4.69, 9.17) is 4.74 Å². The van der Waals surface area contributed by atoms with Gasteiger partial charge in [-0.3, -0.25) is 4.79 Å². The maximum atomic E-state index is 12.6. The number of hydrogen-bond donors (Lipinski definition) is 0. The van der Waals surface area contributed by atoms with Crippen LogP contribution in [-0.4, -0.2) is 66.7 Å². The first-order valence-corrected chi connectivity index (χ1v) is 10.4. The molecule has 1 amide bonds. The van der Waals surface area contributed by atoms with E-state index in [1.54, 1.807) is 6.33 Å². The molecule has 2 aliphatic rings. The standard InChI is InChI=1S/C22H29N5O2/c1-17-6-5-7-19(18(17)2)29-15-22(28)27-12-10-26(11-13-27)21-14-20(23-16-24-21)25-8-3-4-9-25/h5-7,14,16H,3-4,8-13,15H2,1-2H3. The van der Waals surface area contributed by atoms with Crippen LogP contribution < -0.4 is 14.5 Å². The fraction of sp³-hybridized carbons (Fsp3) is 0.500. The molecule has 0 aliphatic carbocycles. The minimum Gasteiger partial charge on any atom is -0.483 e. The van der Waals surface area contributed by atoms with Gasteiger partial charge in [-0.15, -0.1) is 0 Å². The molecule has 0 bridgehead atoms. The van der Waals surface area contributed by atoms with E-state index in [-0.39, 0.29) is 12.5 Å². The Kier molecular flexibility index (Phi) is 5.83. The Bertz CT molecular complexity index is 858. The van der Waals surface area contributed by atoms with Crippen molar-refractivity contribution >= 4 is 17.5 Å². The zero-order valence-electron chi connectivity index (χ0n) is 17.3. The molecule has 7 heteroatoms. The summed E-state index contributed by atoms with van der Waals surface area (Å²) < 4.78 is 5.79. The molecule has 0 saturated carbocycles. The normalized spacial score (nSPS) is 17.0. The molecule has 0 radical (unpaired) electrons. The molecule has 2 saturated heterocycles. The Morgan fingerprint density at radius 1 is 0.966 bits per heavy atom. The number of nitrogens with zero attached hydrogens (tertiary/aromatic N) is 5. The minimum atomic E-state index is 0.0333. The SMILES string of the molecule is Cc1cccc(OCC(=O)N2CCN(c3cc(N4CCCC4)ncn3)CC2)c1C. The summed E-state index contributed by atoms with van der Waals surface area (Å²) in [7, 11) is 0. The zero-order chi connectivity index (χ0) is 20.2. The topological polar surface area (TPSA) is 61.8 Å². The predicted octanol–water partition coefficient (Wildman–Crippen LogP) is 2.42. The smallest absolute Gasteiger partial charge is 0.260 e. The summed E-state index contributed by atoms with van der Waals surface area (Å²) in [6.45, 7) is 9.18. The molecule has 3 heterocycles. The maximum Gasteiger partial charge on any atom is 0.260 e. The third kappa shape index (κ3) is 4.44. The highest BCUT2D eigenvalue weighted by Gasteiger charge is 2.23. The highest BCUT2D eigenvalue weighted by atomic mass is 16.5. The molecule has 0 unspecified atom stereocenters. The molecule has 2 aliphatic heterocycles. The van der Waals surface area contributed by atoms with Crippen LogP contribution in [0.1, 0.15) is 24.0 Å². The van der Waals surface area contributed by atoms with Gasteiger partial charge in [-0.1, -0.05) is 12.1 Å². The molecular formula is C22H29N5O2. The summed E-state index contributed by atoms with van der Waals surface area (Å²) in [6, 6.07) is 8.00. The number of aromatic nitrogens is 2. The number of anilines is 2. The highest BCUT2D eigenvalue weighted by Crippen LogP contribution is 2.23. The molecule has 154 valence electrons. The third-order valence-corrected chi connectivity index (χ3v) is 5.93. The number of carbonyl (C=O) groups is 1. The Labute approximate surface area is 172 Å². The van der Waals surface area contributed by atoms with Gasteiger partial charge < -0.3 is 19.4 Å². The van der Waals surface area contributed by atoms with Gasteiger partial charge in [0.15, 0.2) is 6.61 Å². The van der Waals surface area contributed by atoms with Crippen molar-refractivity contribution < 1.29 is 9.53 Å². The van der Waals surface area contributed by atoms with Crippen molar-refractivity contribution in [1.82, 2.24) is 14.9 Å². The average Bonchev–Trinajstić information content (AvgIpc) is 3.30. The monoisotopic (exact) mass is 395 g/mol. The number of carbonyl (C=O) groups excluding carboxylic acids is 1. The van der Waals surface area contributed by atoms with Gasteiger partial charge >= 0.3 is 0 Å². The lowest BCUT2D eigenvalue weighted by atomic mass is 10.1. The van der Waals surface area contributed by atoms with Gasteiger partial charge in [0.1, 0.15) is 23.7 Å². The Balaban J connectivity index is 1.30. The minimum absolute atomic E-state index is 0.0333. The molecule has 2 fully saturated rings. The second-order valence-electron chi connectivity index (χ2n) is 7.78. The number of hydrogen-bond acceptors (Lipinski definition) is 6. The second kappa shape index (κ2) is 8.68. The van der Waals surface area contributed by atoms with E-state index >= 15 is 0 Å². The first-order chi connectivity index (χ1) is 14.1. The van der Waals surface area contributed by atoms with Crippen molar-refractivity contribution in [2.45, 2.75) is 26.7 Å². The van der Waals surface area contributed by atoms with Crippen molar-refractivity contribution in [2.24, 2.45) is 0 Å². The molecule has 0 spiro atoms. The van der Waals surface area contributed by atoms with Crippen molar-refractivity contribution in [1.29, 1.82) is 0 Å². The summed E-state index contributed by atoms with van der Waals surface area (Å²) >= 11 is 0. The van der Waals surface area contributed by atoms with E-state index < -0.39 is 0 Å². The van der Waals surface area contributed by atoms with E-state index in [9.17, 15) is 4.79 Å². The van der Waals surface area contributed by atoms with Crippen molar-refractivity contribution in [2.75, 3.05) is 55.7 Å². The Hall–Kier alpha value is -2.83. The molecule has 29 heavy (non-hydrogen) atoms. The van der Waals surface area contributed by atoms with Crippen LogP contribution in [0.5, 0.6) is 5.75 Å². The Morgan fingerprint density at radius 3 is 2.31 bits per heavy atom. The van der Waals surface area contributed by atoms with Crippen LogP contribution >= 0.6 is 0 Å². The number of benzene rings is 1. The summed E-state index contributed by atoms with van der Waals surface area (Å²) in [4.78, 5) is 27.9. The van der Waals surface area contributed by atoms with Gasteiger partial charge in [0.2, 0.25) is 0 Å². The average molecular weight is 396 g/mol. The summed E-state index contributed by atoms with van der Waals surface area (Å²) in [6.07, 6.45) is 4.10. The van der Waals surface area contributed by atoms with E-state index in [0.29, 0.717) is 13.1 Å². The molecule has 4 rings (SSSR count). The van der Waals surface area contributed by atoms with Gasteiger partial charge in [0, 0.05) is 45.3 Å². The quantitative estimate of drug-likeness (QED) is 0.775.